The van der Waals surface area contributed by atoms with Crippen LogP contribution in [0.3, 0.4) is 0 Å². The molecule has 0 aliphatic carbocycles. The van der Waals surface area contributed by atoms with Crippen molar-refractivity contribution < 1.29 is 17.9 Å². The molecule has 1 aliphatic rings. The number of nitrogens with zero attached hydrogens (tertiary/aromatic N) is 4. The van der Waals surface area contributed by atoms with Crippen molar-refractivity contribution in [3.8, 4) is 0 Å². The molecule has 0 saturated carbocycles. The van der Waals surface area contributed by atoms with Gasteiger partial charge in [0.2, 0.25) is 0 Å². The average Bonchev–Trinajstić information content (AvgIpc) is 3.07. The Kier molecular flexibility index (Phi) is 7.70. The summed E-state index contributed by atoms with van der Waals surface area (Å²) in [5.74, 6) is 0.680. The predicted octanol–water partition coefficient (Wildman–Crippen LogP) is 3.21. The van der Waals surface area contributed by atoms with Crippen LogP contribution in [0.5, 0.6) is 0 Å². The largest absolute Gasteiger partial charge is 0.416 e. The Balaban J connectivity index is 0.00000280. The van der Waals surface area contributed by atoms with Crippen LogP contribution >= 0.6 is 24.0 Å². The molecule has 1 fully saturated rings. The molecule has 1 N–H and O–H groups in total. The number of guanidine groups is 1. The number of aryl methyl sites for hydroxylation is 1. The van der Waals surface area contributed by atoms with Crippen LogP contribution in [-0.2, 0) is 24.5 Å². The second-order valence-electron chi connectivity index (χ2n) is 6.35. The van der Waals surface area contributed by atoms with Gasteiger partial charge in [0.15, 0.2) is 5.96 Å². The van der Waals surface area contributed by atoms with Crippen molar-refractivity contribution in [2.75, 3.05) is 26.7 Å². The molecular formula is C18H23F3IN5O. The summed E-state index contributed by atoms with van der Waals surface area (Å²) in [6, 6.07) is 5.30. The maximum absolute atomic E-state index is 13.0. The summed E-state index contributed by atoms with van der Waals surface area (Å²) in [6.07, 6.45) is -1.14. The average molecular weight is 509 g/mol. The number of aliphatic imine (C=N–C) groups is 1. The third-order valence-electron chi connectivity index (χ3n) is 4.37. The zero-order valence-corrected chi connectivity index (χ0v) is 17.9. The fraction of sp³-hybridized carbons (Fsp3) is 0.444. The van der Waals surface area contributed by atoms with Crippen molar-refractivity contribution in [2.45, 2.75) is 18.8 Å². The highest BCUT2D eigenvalue weighted by molar-refractivity contribution is 14.0. The lowest BCUT2D eigenvalue weighted by Gasteiger charge is -2.35. The van der Waals surface area contributed by atoms with Gasteiger partial charge in [-0.2, -0.15) is 18.3 Å². The molecular weight excluding hydrogens is 486 g/mol. The monoisotopic (exact) mass is 509 g/mol. The van der Waals surface area contributed by atoms with Crippen LogP contribution in [-0.4, -0.2) is 47.4 Å². The molecule has 2 heterocycles. The first-order valence-corrected chi connectivity index (χ1v) is 8.58. The highest BCUT2D eigenvalue weighted by Crippen LogP contribution is 2.32. The number of alkyl halides is 3. The second-order valence-corrected chi connectivity index (χ2v) is 6.35. The second kappa shape index (κ2) is 9.59. The molecule has 3 rings (SSSR count). The first-order chi connectivity index (χ1) is 12.9. The number of hydrogen-bond donors (Lipinski definition) is 1. The number of ether oxygens (including phenoxy) is 1. The van der Waals surface area contributed by atoms with E-state index in [1.807, 2.05) is 18.1 Å². The fourth-order valence-corrected chi connectivity index (χ4v) is 3.04. The van der Waals surface area contributed by atoms with E-state index in [2.05, 4.69) is 15.4 Å². The van der Waals surface area contributed by atoms with E-state index >= 15 is 0 Å². The third kappa shape index (κ3) is 5.60. The molecule has 1 unspecified atom stereocenters. The summed E-state index contributed by atoms with van der Waals surface area (Å²) >= 11 is 0. The highest BCUT2D eigenvalue weighted by atomic mass is 127. The van der Waals surface area contributed by atoms with Gasteiger partial charge in [-0.05, 0) is 17.7 Å². The number of nitrogens with one attached hydrogen (secondary N) is 1. The Morgan fingerprint density at radius 2 is 2.18 bits per heavy atom. The van der Waals surface area contributed by atoms with Gasteiger partial charge in [0, 0.05) is 38.9 Å². The molecule has 0 radical (unpaired) electrons. The third-order valence-corrected chi connectivity index (χ3v) is 4.37. The van der Waals surface area contributed by atoms with Gasteiger partial charge in [0.1, 0.15) is 6.10 Å². The van der Waals surface area contributed by atoms with E-state index in [4.69, 9.17) is 4.74 Å². The molecule has 2 aromatic rings. The molecule has 1 saturated heterocycles. The van der Waals surface area contributed by atoms with Crippen molar-refractivity contribution in [3.05, 3.63) is 53.3 Å². The molecule has 1 aliphatic heterocycles. The number of rotatable bonds is 3. The lowest BCUT2D eigenvalue weighted by atomic mass is 10.0. The lowest BCUT2D eigenvalue weighted by Crippen LogP contribution is -2.47. The summed E-state index contributed by atoms with van der Waals surface area (Å²) in [6.45, 7) is 2.01. The summed E-state index contributed by atoms with van der Waals surface area (Å²) in [4.78, 5) is 6.28. The first kappa shape index (κ1) is 22.5. The number of morpholine rings is 1. The van der Waals surface area contributed by atoms with Gasteiger partial charge in [-0.25, -0.2) is 0 Å². The molecule has 6 nitrogen and oxygen atoms in total. The van der Waals surface area contributed by atoms with Crippen molar-refractivity contribution in [3.63, 3.8) is 0 Å². The van der Waals surface area contributed by atoms with Crippen molar-refractivity contribution in [1.29, 1.82) is 0 Å². The normalized spacial score (nSPS) is 18.0. The Bertz CT molecular complexity index is 809. The zero-order valence-electron chi connectivity index (χ0n) is 15.6. The van der Waals surface area contributed by atoms with Crippen LogP contribution < -0.4 is 5.32 Å². The molecule has 10 heteroatoms. The van der Waals surface area contributed by atoms with Crippen LogP contribution in [0.15, 0.2) is 41.7 Å². The molecule has 28 heavy (non-hydrogen) atoms. The standard InChI is InChI=1S/C18H22F3N5O.HI/c1-22-17(23-9-13-10-24-25(2)11-13)26-6-7-27-16(12-26)14-4-3-5-15(8-14)18(19,20)21;/h3-5,8,10-11,16H,6-7,9,12H2,1-2H3,(H,22,23);1H. The highest BCUT2D eigenvalue weighted by Gasteiger charge is 2.32. The minimum absolute atomic E-state index is 0. The smallest absolute Gasteiger partial charge is 0.370 e. The van der Waals surface area contributed by atoms with Crippen molar-refractivity contribution in [2.24, 2.45) is 12.0 Å². The van der Waals surface area contributed by atoms with Crippen molar-refractivity contribution >= 4 is 29.9 Å². The van der Waals surface area contributed by atoms with Gasteiger partial charge < -0.3 is 15.0 Å². The molecule has 0 bridgehead atoms. The molecule has 0 spiro atoms. The Morgan fingerprint density at radius 3 is 2.82 bits per heavy atom. The molecule has 1 aromatic heterocycles. The van der Waals surface area contributed by atoms with E-state index < -0.39 is 17.8 Å². The van der Waals surface area contributed by atoms with Crippen LogP contribution in [0.25, 0.3) is 0 Å². The lowest BCUT2D eigenvalue weighted by molar-refractivity contribution is -0.137. The number of hydrogen-bond acceptors (Lipinski definition) is 3. The van der Waals surface area contributed by atoms with Crippen LogP contribution in [0.2, 0.25) is 0 Å². The maximum atomic E-state index is 13.0. The van der Waals surface area contributed by atoms with Gasteiger partial charge in [-0.1, -0.05) is 12.1 Å². The molecule has 1 aromatic carbocycles. The van der Waals surface area contributed by atoms with Crippen LogP contribution in [0.4, 0.5) is 13.2 Å². The Hall–Kier alpha value is -1.82. The number of halogens is 4. The molecule has 0 amide bonds. The topological polar surface area (TPSA) is 54.7 Å². The van der Waals surface area contributed by atoms with Gasteiger partial charge in [0.05, 0.1) is 24.9 Å². The van der Waals surface area contributed by atoms with Crippen LogP contribution in [0, 0.1) is 0 Å². The summed E-state index contributed by atoms with van der Waals surface area (Å²) in [7, 11) is 3.53. The minimum Gasteiger partial charge on any atom is -0.370 e. The quantitative estimate of drug-likeness (QED) is 0.393. The van der Waals surface area contributed by atoms with E-state index in [1.165, 1.54) is 6.07 Å². The maximum Gasteiger partial charge on any atom is 0.416 e. The van der Waals surface area contributed by atoms with E-state index in [1.54, 1.807) is 24.0 Å². The van der Waals surface area contributed by atoms with E-state index in [0.717, 1.165) is 17.7 Å². The van der Waals surface area contributed by atoms with E-state index in [9.17, 15) is 13.2 Å². The SMILES string of the molecule is CN=C(NCc1cnn(C)c1)N1CCOC(c2cccc(C(F)(F)F)c2)C1.I. The van der Waals surface area contributed by atoms with Gasteiger partial charge in [-0.3, -0.25) is 9.67 Å². The van der Waals surface area contributed by atoms with E-state index in [-0.39, 0.29) is 24.0 Å². The minimum atomic E-state index is -4.37. The summed E-state index contributed by atoms with van der Waals surface area (Å²) in [5, 5.41) is 7.39. The van der Waals surface area contributed by atoms with E-state index in [0.29, 0.717) is 37.8 Å². The van der Waals surface area contributed by atoms with Crippen LogP contribution in [0.1, 0.15) is 22.8 Å². The van der Waals surface area contributed by atoms with Crippen molar-refractivity contribution in [1.82, 2.24) is 20.0 Å². The zero-order chi connectivity index (χ0) is 19.4. The Labute approximate surface area is 178 Å². The molecule has 154 valence electrons. The van der Waals surface area contributed by atoms with Gasteiger partial charge in [0.25, 0.3) is 0 Å². The number of benzene rings is 1. The summed E-state index contributed by atoms with van der Waals surface area (Å²) < 4.78 is 46.4. The molecule has 1 atom stereocenters. The number of aromatic nitrogens is 2. The first-order valence-electron chi connectivity index (χ1n) is 8.58. The fourth-order valence-electron chi connectivity index (χ4n) is 3.04. The van der Waals surface area contributed by atoms with Gasteiger partial charge in [-0.15, -0.1) is 24.0 Å². The Morgan fingerprint density at radius 1 is 1.39 bits per heavy atom. The predicted molar refractivity (Wildman–Crippen MR) is 111 cm³/mol. The van der Waals surface area contributed by atoms with Gasteiger partial charge >= 0.3 is 6.18 Å². The summed E-state index contributed by atoms with van der Waals surface area (Å²) in [5.41, 5.74) is 0.860.